The van der Waals surface area contributed by atoms with Gasteiger partial charge >= 0.3 is 8.69 Å². The monoisotopic (exact) mass is 350 g/mol. The van der Waals surface area contributed by atoms with Crippen molar-refractivity contribution in [1.29, 1.82) is 0 Å². The van der Waals surface area contributed by atoms with Crippen LogP contribution >= 0.6 is 15.4 Å². The van der Waals surface area contributed by atoms with Crippen LogP contribution in [0.2, 0.25) is 0 Å². The molecule has 124 valence electrons. The van der Waals surface area contributed by atoms with Crippen LogP contribution in [0.5, 0.6) is 0 Å². The number of rotatable bonds is 2. The van der Waals surface area contributed by atoms with E-state index < -0.39 is 15.4 Å². The molecule has 18 heavy (non-hydrogen) atoms. The number of hydrogen-bond acceptors (Lipinski definition) is 6. The Morgan fingerprint density at radius 2 is 1.22 bits per heavy atom. The zero-order chi connectivity index (χ0) is 10.6. The summed E-state index contributed by atoms with van der Waals surface area (Å²) in [7, 11) is 1.66. The molecule has 0 unspecified atom stereocenters. The van der Waals surface area contributed by atoms with Crippen molar-refractivity contribution in [1.82, 2.24) is 0 Å². The third-order valence-electron chi connectivity index (χ3n) is 0.447. The summed E-state index contributed by atoms with van der Waals surface area (Å²) >= 11 is 4.26. The zero-order valence-electron chi connectivity index (χ0n) is 8.33. The van der Waals surface area contributed by atoms with Gasteiger partial charge in [-0.1, -0.05) is 55.4 Å². The topological polar surface area (TPSA) is 110 Å². The van der Waals surface area contributed by atoms with Crippen molar-refractivity contribution in [3.05, 3.63) is 0 Å². The highest BCUT2D eigenvalue weighted by molar-refractivity contribution is 8.06. The van der Waals surface area contributed by atoms with Crippen LogP contribution in [0.15, 0.2) is 0 Å². The first-order chi connectivity index (χ1) is 5.54. The number of hydrogen-bond donors (Lipinski definition) is 1. The summed E-state index contributed by atoms with van der Waals surface area (Å²) in [6, 6.07) is 0. The maximum absolute atomic E-state index is 10.3. The van der Waals surface area contributed by atoms with Gasteiger partial charge in [-0.3, -0.25) is 0 Å². The molecule has 0 saturated carbocycles. The third kappa shape index (κ3) is 89.7. The van der Waals surface area contributed by atoms with Gasteiger partial charge in [0.2, 0.25) is 0 Å². The van der Waals surface area contributed by atoms with E-state index >= 15 is 0 Å². The molecule has 0 aromatic carbocycles. The lowest BCUT2D eigenvalue weighted by Gasteiger charge is -2.21. The van der Waals surface area contributed by atoms with E-state index in [2.05, 4.69) is 20.9 Å². The molecule has 0 saturated heterocycles. The van der Waals surface area contributed by atoms with Crippen LogP contribution in [0, 0.1) is 0 Å². The second-order valence-electron chi connectivity index (χ2n) is 0.894. The van der Waals surface area contributed by atoms with E-state index in [9.17, 15) is 4.89 Å². The van der Waals surface area contributed by atoms with E-state index in [4.69, 9.17) is 9.46 Å². The van der Waals surface area contributed by atoms with Crippen LogP contribution < -0.4 is 4.89 Å². The summed E-state index contributed by atoms with van der Waals surface area (Å²) in [5, 5.41) is 0. The average Bonchev–Trinajstić information content (AvgIpc) is 2.10. The molecule has 0 rings (SSSR count). The molecule has 0 aliphatic rings. The van der Waals surface area contributed by atoms with Gasteiger partial charge in [0.15, 0.2) is 0 Å². The normalized spacial score (nSPS) is 6.11. The molecular weight excluding hydrogens is 318 g/mol. The van der Waals surface area contributed by atoms with Crippen LogP contribution in [0.25, 0.3) is 0 Å². The molecule has 0 atom stereocenters. The molecule has 3 N–H and O–H groups in total. The van der Waals surface area contributed by atoms with Gasteiger partial charge in [0.1, 0.15) is 6.72 Å². The first-order valence-electron chi connectivity index (χ1n) is 2.93. The molecule has 10 heteroatoms. The van der Waals surface area contributed by atoms with Crippen LogP contribution in [0.4, 0.5) is 0 Å². The molecule has 0 aliphatic heterocycles. The molecule has 0 amide bonds. The maximum Gasteiger partial charge on any atom is 0.324 e. The Balaban J connectivity index is -0.00000000953. The van der Waals surface area contributed by atoms with Crippen molar-refractivity contribution in [2.75, 3.05) is 14.2 Å². The Kier molecular flexibility index (Phi) is 179. The van der Waals surface area contributed by atoms with Gasteiger partial charge < -0.3 is 37.8 Å². The lowest BCUT2D eigenvalue weighted by molar-refractivity contribution is -0.201. The van der Waals surface area contributed by atoms with Crippen molar-refractivity contribution >= 4 is 40.7 Å². The van der Waals surface area contributed by atoms with Crippen LogP contribution in [0.3, 0.4) is 0 Å². The van der Waals surface area contributed by atoms with E-state index in [1.165, 1.54) is 14.2 Å². The van der Waals surface area contributed by atoms with Gasteiger partial charge in [0.25, 0.3) is 0 Å². The van der Waals surface area contributed by atoms with Crippen molar-refractivity contribution in [2.45, 2.75) is 43.6 Å². The van der Waals surface area contributed by atoms with E-state index in [1.54, 1.807) is 0 Å². The second kappa shape index (κ2) is 52.2. The van der Waals surface area contributed by atoms with E-state index in [-0.39, 0.29) is 48.7 Å². The standard InChI is InChI=1S/C2H7O3PS.C2H6.4CH4.HO2P.H2O.H2S/c1-4-6(3,7)5-2;1-2;;;;;1-3-2;;/h1-2H3,(H,3,7);1-2H3;4*1H4;(H,1,2);2*1H2/p-2. The Morgan fingerprint density at radius 3 is 1.22 bits per heavy atom. The minimum Gasteiger partial charge on any atom is -0.813 e. The van der Waals surface area contributed by atoms with Crippen molar-refractivity contribution < 1.29 is 28.9 Å². The fourth-order valence-corrected chi connectivity index (χ4v) is 0.224. The van der Waals surface area contributed by atoms with Crippen LogP contribution in [-0.4, -0.2) is 24.6 Å². The van der Waals surface area contributed by atoms with Gasteiger partial charge in [0, 0.05) is 14.2 Å². The summed E-state index contributed by atoms with van der Waals surface area (Å²) in [6.07, 6.45) is 0. The highest BCUT2D eigenvalue weighted by Crippen LogP contribution is 2.35. The molecule has 0 aromatic rings. The molecule has 0 heterocycles. The Hall–Kier alpha value is 0.900. The summed E-state index contributed by atoms with van der Waals surface area (Å²) in [6.45, 7) is 0.929. The molecule has 6 nitrogen and oxygen atoms in total. The first kappa shape index (κ1) is 61.8. The van der Waals surface area contributed by atoms with E-state index in [1.807, 2.05) is 13.8 Å². The minimum atomic E-state index is -3.07. The van der Waals surface area contributed by atoms with Crippen molar-refractivity contribution in [2.24, 2.45) is 0 Å². The summed E-state index contributed by atoms with van der Waals surface area (Å²) in [5.74, 6) is 0. The molecule has 0 fully saturated rings. The quantitative estimate of drug-likeness (QED) is 0.463. The lowest BCUT2D eigenvalue weighted by atomic mass is 11.0. The molecular formula is C8H32O6P2S2-2. The third-order valence-corrected chi connectivity index (χ3v) is 2.24. The molecule has 0 bridgehead atoms. The minimum absolute atomic E-state index is 0. The Morgan fingerprint density at radius 1 is 1.11 bits per heavy atom. The second-order valence-corrected chi connectivity index (χ2v) is 4.02. The highest BCUT2D eigenvalue weighted by atomic mass is 32.5. The molecule has 0 radical (unpaired) electrons. The molecule has 0 aromatic heterocycles. The largest absolute Gasteiger partial charge is 0.813 e. The number of thiol groups is 1. The first-order valence-corrected chi connectivity index (χ1v) is 6.25. The van der Waals surface area contributed by atoms with Crippen LogP contribution in [-0.2, 0) is 38.9 Å². The average molecular weight is 350 g/mol. The van der Waals surface area contributed by atoms with Gasteiger partial charge in [-0.2, -0.15) is 0 Å². The van der Waals surface area contributed by atoms with Crippen molar-refractivity contribution in [3.63, 3.8) is 0 Å². The van der Waals surface area contributed by atoms with Gasteiger partial charge in [-0.15, -0.1) is 0 Å². The van der Waals surface area contributed by atoms with Gasteiger partial charge in [-0.05, 0) is 0 Å². The molecule has 0 aliphatic carbocycles. The van der Waals surface area contributed by atoms with Gasteiger partial charge in [-0.25, -0.2) is 4.57 Å². The zero-order valence-corrected chi connectivity index (χ0v) is 11.8. The Labute approximate surface area is 127 Å². The highest BCUT2D eigenvalue weighted by Gasteiger charge is 1.91. The Bertz CT molecular complexity index is 133. The summed E-state index contributed by atoms with van der Waals surface area (Å²) < 4.78 is 16.9. The lowest BCUT2D eigenvalue weighted by Crippen LogP contribution is -2.02. The smallest absolute Gasteiger partial charge is 0.324 e. The summed E-state index contributed by atoms with van der Waals surface area (Å²) in [5.41, 5.74) is 0. The fourth-order valence-electron chi connectivity index (χ4n) is 0.0745. The van der Waals surface area contributed by atoms with Gasteiger partial charge in [0.05, 0.1) is 0 Å². The molecule has 0 spiro atoms. The maximum atomic E-state index is 10.3. The SMILES string of the molecule is C.C.C.C.CC.COP([O-])(=S)OC.O.O=PO.[SH-]. The van der Waals surface area contributed by atoms with Crippen LogP contribution in [0.1, 0.15) is 43.6 Å². The fraction of sp³-hybridized carbons (Fsp3) is 1.00. The van der Waals surface area contributed by atoms with Crippen molar-refractivity contribution in [3.8, 4) is 0 Å². The van der Waals surface area contributed by atoms with E-state index in [0.29, 0.717) is 0 Å². The summed E-state index contributed by atoms with van der Waals surface area (Å²) in [4.78, 5) is 17.3. The van der Waals surface area contributed by atoms with E-state index in [0.717, 1.165) is 0 Å². The predicted molar refractivity (Wildman–Crippen MR) is 88.8 cm³/mol. The predicted octanol–water partition coefficient (Wildman–Crippen LogP) is 2.53.